The lowest BCUT2D eigenvalue weighted by atomic mass is 9.77. The molecule has 1 aliphatic rings. The van der Waals surface area contributed by atoms with Crippen molar-refractivity contribution in [3.63, 3.8) is 0 Å². The minimum atomic E-state index is 0.361. The van der Waals surface area contributed by atoms with Crippen LogP contribution in [0.1, 0.15) is 44.2 Å². The van der Waals surface area contributed by atoms with Crippen LogP contribution in [0.15, 0.2) is 24.3 Å². The summed E-state index contributed by atoms with van der Waals surface area (Å²) >= 11 is 6.30. The lowest BCUT2D eigenvalue weighted by molar-refractivity contribution is 0.234. The molecule has 1 aliphatic carbocycles. The first kappa shape index (κ1) is 11.9. The zero-order valence-electron chi connectivity index (χ0n) is 10.1. The second-order valence-corrected chi connectivity index (χ2v) is 5.51. The second kappa shape index (κ2) is 4.77. The Kier molecular flexibility index (Phi) is 3.56. The van der Waals surface area contributed by atoms with Gasteiger partial charge in [-0.1, -0.05) is 49.6 Å². The molecule has 1 aromatic carbocycles. The molecule has 1 saturated carbocycles. The van der Waals surface area contributed by atoms with Crippen molar-refractivity contribution >= 4 is 11.6 Å². The van der Waals surface area contributed by atoms with Crippen molar-refractivity contribution in [1.82, 2.24) is 5.32 Å². The number of nitrogens with one attached hydrogen (secondary N) is 1. The topological polar surface area (TPSA) is 12.0 Å². The van der Waals surface area contributed by atoms with E-state index in [0.29, 0.717) is 11.5 Å². The normalized spacial score (nSPS) is 20.9. The molecule has 1 atom stereocenters. The largest absolute Gasteiger partial charge is 0.312 e. The first-order chi connectivity index (χ1) is 7.67. The molecule has 1 fully saturated rings. The van der Waals surface area contributed by atoms with Crippen LogP contribution >= 0.6 is 11.6 Å². The third-order valence-electron chi connectivity index (χ3n) is 3.95. The van der Waals surface area contributed by atoms with Crippen LogP contribution in [0.3, 0.4) is 0 Å². The average Bonchev–Trinajstić information content (AvgIpc) is 2.70. The summed E-state index contributed by atoms with van der Waals surface area (Å²) in [7, 11) is 2.04. The van der Waals surface area contributed by atoms with Crippen LogP contribution < -0.4 is 5.32 Å². The highest BCUT2D eigenvalue weighted by atomic mass is 35.5. The minimum absolute atomic E-state index is 0.361. The van der Waals surface area contributed by atoms with Crippen molar-refractivity contribution < 1.29 is 0 Å². The van der Waals surface area contributed by atoms with Gasteiger partial charge in [0.1, 0.15) is 0 Å². The highest BCUT2D eigenvalue weighted by molar-refractivity contribution is 6.31. The molecule has 1 aromatic rings. The van der Waals surface area contributed by atoms with Crippen LogP contribution in [0.5, 0.6) is 0 Å². The third kappa shape index (κ3) is 2.11. The van der Waals surface area contributed by atoms with E-state index in [1.54, 1.807) is 0 Å². The lowest BCUT2D eigenvalue weighted by Crippen LogP contribution is -2.32. The molecule has 0 bridgehead atoms. The van der Waals surface area contributed by atoms with E-state index >= 15 is 0 Å². The average molecular weight is 238 g/mol. The van der Waals surface area contributed by atoms with Gasteiger partial charge in [0, 0.05) is 11.1 Å². The number of benzene rings is 1. The Morgan fingerprint density at radius 2 is 1.88 bits per heavy atom. The molecule has 0 saturated heterocycles. The molecule has 0 spiro atoms. The fraction of sp³-hybridized carbons (Fsp3) is 0.571. The van der Waals surface area contributed by atoms with Gasteiger partial charge in [-0.05, 0) is 36.9 Å². The van der Waals surface area contributed by atoms with Crippen molar-refractivity contribution in [2.24, 2.45) is 5.41 Å². The molecule has 2 heteroatoms. The summed E-state index contributed by atoms with van der Waals surface area (Å²) in [5, 5.41) is 4.34. The van der Waals surface area contributed by atoms with E-state index in [1.165, 1.54) is 31.2 Å². The maximum Gasteiger partial charge on any atom is 0.0454 e. The smallest absolute Gasteiger partial charge is 0.0454 e. The summed E-state index contributed by atoms with van der Waals surface area (Å²) < 4.78 is 0. The molecular weight excluding hydrogens is 218 g/mol. The number of rotatable bonds is 3. The Balaban J connectivity index is 2.32. The maximum atomic E-state index is 6.30. The van der Waals surface area contributed by atoms with Gasteiger partial charge < -0.3 is 5.32 Å². The van der Waals surface area contributed by atoms with E-state index in [1.807, 2.05) is 19.2 Å². The van der Waals surface area contributed by atoms with E-state index in [9.17, 15) is 0 Å². The third-order valence-corrected chi connectivity index (χ3v) is 4.29. The lowest BCUT2D eigenvalue weighted by Gasteiger charge is -2.34. The number of halogens is 1. The van der Waals surface area contributed by atoms with Gasteiger partial charge in [0.05, 0.1) is 0 Å². The van der Waals surface area contributed by atoms with Gasteiger partial charge in [-0.3, -0.25) is 0 Å². The molecule has 16 heavy (non-hydrogen) atoms. The molecule has 0 amide bonds. The molecule has 2 rings (SSSR count). The second-order valence-electron chi connectivity index (χ2n) is 5.10. The van der Waals surface area contributed by atoms with Gasteiger partial charge in [0.2, 0.25) is 0 Å². The van der Waals surface area contributed by atoms with Crippen LogP contribution in [0.25, 0.3) is 0 Å². The van der Waals surface area contributed by atoms with Crippen LogP contribution in [0, 0.1) is 5.41 Å². The minimum Gasteiger partial charge on any atom is -0.312 e. The fourth-order valence-electron chi connectivity index (χ4n) is 3.06. The van der Waals surface area contributed by atoms with Gasteiger partial charge in [-0.2, -0.15) is 0 Å². The van der Waals surface area contributed by atoms with E-state index < -0.39 is 0 Å². The van der Waals surface area contributed by atoms with Crippen LogP contribution in [-0.4, -0.2) is 7.05 Å². The quantitative estimate of drug-likeness (QED) is 0.832. The van der Waals surface area contributed by atoms with Crippen molar-refractivity contribution in [3.05, 3.63) is 34.9 Å². The van der Waals surface area contributed by atoms with Crippen molar-refractivity contribution in [1.29, 1.82) is 0 Å². The van der Waals surface area contributed by atoms with E-state index in [2.05, 4.69) is 24.4 Å². The summed E-state index contributed by atoms with van der Waals surface area (Å²) in [6.07, 6.45) is 5.28. The zero-order valence-corrected chi connectivity index (χ0v) is 10.8. The number of hydrogen-bond donors (Lipinski definition) is 1. The zero-order chi connectivity index (χ0) is 11.6. The monoisotopic (exact) mass is 237 g/mol. The molecule has 1 nitrogen and oxygen atoms in total. The van der Waals surface area contributed by atoms with E-state index in [4.69, 9.17) is 11.6 Å². The first-order valence-corrected chi connectivity index (χ1v) is 6.47. The van der Waals surface area contributed by atoms with Gasteiger partial charge >= 0.3 is 0 Å². The Morgan fingerprint density at radius 1 is 1.25 bits per heavy atom. The van der Waals surface area contributed by atoms with Crippen LogP contribution in [-0.2, 0) is 0 Å². The Labute approximate surface area is 103 Å². The molecule has 0 aromatic heterocycles. The SMILES string of the molecule is CNC(c1ccccc1Cl)C1(C)CCCC1. The summed E-state index contributed by atoms with van der Waals surface area (Å²) in [6.45, 7) is 2.38. The summed E-state index contributed by atoms with van der Waals surface area (Å²) in [5.74, 6) is 0. The maximum absolute atomic E-state index is 6.30. The van der Waals surface area contributed by atoms with E-state index in [-0.39, 0.29) is 0 Å². The Hall–Kier alpha value is -0.530. The summed E-state index contributed by atoms with van der Waals surface area (Å²) in [6, 6.07) is 8.58. The molecule has 0 heterocycles. The highest BCUT2D eigenvalue weighted by Crippen LogP contribution is 2.48. The molecule has 0 aliphatic heterocycles. The molecule has 88 valence electrons. The van der Waals surface area contributed by atoms with Gasteiger partial charge in [-0.25, -0.2) is 0 Å². The van der Waals surface area contributed by atoms with E-state index in [0.717, 1.165) is 5.02 Å². The van der Waals surface area contributed by atoms with Crippen LogP contribution in [0.2, 0.25) is 5.02 Å². The predicted octanol–water partition coefficient (Wildman–Crippen LogP) is 4.18. The summed E-state index contributed by atoms with van der Waals surface area (Å²) in [5.41, 5.74) is 1.61. The van der Waals surface area contributed by atoms with Gasteiger partial charge in [0.15, 0.2) is 0 Å². The van der Waals surface area contributed by atoms with Crippen LogP contribution in [0.4, 0.5) is 0 Å². The summed E-state index contributed by atoms with van der Waals surface area (Å²) in [4.78, 5) is 0. The Morgan fingerprint density at radius 3 is 2.44 bits per heavy atom. The van der Waals surface area contributed by atoms with Gasteiger partial charge in [-0.15, -0.1) is 0 Å². The van der Waals surface area contributed by atoms with Crippen molar-refractivity contribution in [3.8, 4) is 0 Å². The number of hydrogen-bond acceptors (Lipinski definition) is 1. The van der Waals surface area contributed by atoms with Crippen molar-refractivity contribution in [2.45, 2.75) is 38.6 Å². The van der Waals surface area contributed by atoms with Gasteiger partial charge in [0.25, 0.3) is 0 Å². The molecule has 1 unspecified atom stereocenters. The highest BCUT2D eigenvalue weighted by Gasteiger charge is 2.37. The first-order valence-electron chi connectivity index (χ1n) is 6.09. The molecular formula is C14H20ClN. The Bertz CT molecular complexity index is 356. The molecule has 1 N–H and O–H groups in total. The predicted molar refractivity (Wildman–Crippen MR) is 69.8 cm³/mol. The fourth-order valence-corrected chi connectivity index (χ4v) is 3.30. The standard InChI is InChI=1S/C14H20ClN/c1-14(9-5-6-10-14)13(16-2)11-7-3-4-8-12(11)15/h3-4,7-8,13,16H,5-6,9-10H2,1-2H3. The molecule has 0 radical (unpaired) electrons. The van der Waals surface area contributed by atoms with Crippen molar-refractivity contribution in [2.75, 3.05) is 7.05 Å².